The highest BCUT2D eigenvalue weighted by atomic mass is 14.0. The molecule has 0 heterocycles. The van der Waals surface area contributed by atoms with Gasteiger partial charge in [-0.05, 0) is 41.8 Å². The minimum Gasteiger partial charge on any atom is -0.0912 e. The fraction of sp³-hybridized carbons (Fsp3) is 0.125. The van der Waals surface area contributed by atoms with Crippen molar-refractivity contribution in [1.29, 1.82) is 0 Å². The first-order valence-corrected chi connectivity index (χ1v) is 5.50. The number of hydrogen-bond acceptors (Lipinski definition) is 0. The smallest absolute Gasteiger partial charge is 0.0178 e. The van der Waals surface area contributed by atoms with Gasteiger partial charge in [0.15, 0.2) is 0 Å². The first kappa shape index (κ1) is 10.7. The molecule has 2 aromatic carbocycles. The van der Waals surface area contributed by atoms with Crippen LogP contribution in [0.3, 0.4) is 0 Å². The fourth-order valence-electron chi connectivity index (χ4n) is 1.82. The maximum Gasteiger partial charge on any atom is -0.0178 e. The Hall–Kier alpha value is -1.82. The van der Waals surface area contributed by atoms with Crippen LogP contribution in [0.2, 0.25) is 0 Å². The van der Waals surface area contributed by atoms with Gasteiger partial charge in [0.05, 0.1) is 0 Å². The molecule has 0 nitrogen and oxygen atoms in total. The van der Waals surface area contributed by atoms with E-state index in [1.54, 1.807) is 0 Å². The first-order chi connectivity index (χ1) is 7.66. The summed E-state index contributed by atoms with van der Waals surface area (Å²) in [6.07, 6.45) is 2.12. The van der Waals surface area contributed by atoms with Crippen LogP contribution in [0.5, 0.6) is 0 Å². The average Bonchev–Trinajstić information content (AvgIpc) is 2.27. The summed E-state index contributed by atoms with van der Waals surface area (Å²) in [5.41, 5.74) is 3.55. The number of fused-ring (bicyclic) bond motifs is 1. The summed E-state index contributed by atoms with van der Waals surface area (Å²) >= 11 is 0. The molecule has 0 aromatic heterocycles. The number of hydrogen-bond donors (Lipinski definition) is 0. The Morgan fingerprint density at radius 3 is 2.38 bits per heavy atom. The molecular formula is C16H16. The van der Waals surface area contributed by atoms with Crippen molar-refractivity contribution in [2.45, 2.75) is 13.8 Å². The van der Waals surface area contributed by atoms with Gasteiger partial charge in [-0.25, -0.2) is 0 Å². The van der Waals surface area contributed by atoms with E-state index in [-0.39, 0.29) is 0 Å². The van der Waals surface area contributed by atoms with Crippen molar-refractivity contribution in [1.82, 2.24) is 0 Å². The van der Waals surface area contributed by atoms with Crippen LogP contribution in [-0.2, 0) is 0 Å². The van der Waals surface area contributed by atoms with Crippen molar-refractivity contribution in [3.8, 4) is 0 Å². The van der Waals surface area contributed by atoms with Crippen LogP contribution < -0.4 is 0 Å². The van der Waals surface area contributed by atoms with Gasteiger partial charge in [-0.1, -0.05) is 54.6 Å². The number of benzene rings is 2. The summed E-state index contributed by atoms with van der Waals surface area (Å²) < 4.78 is 0. The standard InChI is InChI=1S/C16H16/c1-12(2)10-13(3)15-9-8-14-6-4-5-7-16(14)11-15/h4-11H,3H2,1-2H3. The Balaban J connectivity index is 2.47. The van der Waals surface area contributed by atoms with Gasteiger partial charge in [0.1, 0.15) is 0 Å². The molecule has 0 atom stereocenters. The van der Waals surface area contributed by atoms with E-state index >= 15 is 0 Å². The minimum atomic E-state index is 1.07. The minimum absolute atomic E-state index is 1.07. The third-order valence-electron chi connectivity index (χ3n) is 2.58. The molecule has 0 spiro atoms. The molecule has 0 aliphatic heterocycles. The summed E-state index contributed by atoms with van der Waals surface area (Å²) in [4.78, 5) is 0. The van der Waals surface area contributed by atoms with Crippen LogP contribution in [0.4, 0.5) is 0 Å². The Kier molecular flexibility index (Phi) is 2.91. The second-order valence-corrected chi connectivity index (χ2v) is 4.31. The highest BCUT2D eigenvalue weighted by molar-refractivity contribution is 5.87. The predicted octanol–water partition coefficient (Wildman–Crippen LogP) is 4.82. The van der Waals surface area contributed by atoms with Gasteiger partial charge < -0.3 is 0 Å². The van der Waals surface area contributed by atoms with Gasteiger partial charge in [-0.3, -0.25) is 0 Å². The number of rotatable bonds is 2. The molecule has 0 bridgehead atoms. The van der Waals surface area contributed by atoms with Gasteiger partial charge in [0.25, 0.3) is 0 Å². The molecule has 0 heteroatoms. The van der Waals surface area contributed by atoms with Crippen LogP contribution in [0.25, 0.3) is 16.3 Å². The van der Waals surface area contributed by atoms with E-state index in [9.17, 15) is 0 Å². The van der Waals surface area contributed by atoms with Crippen LogP contribution in [0, 0.1) is 0 Å². The van der Waals surface area contributed by atoms with E-state index in [1.165, 1.54) is 21.9 Å². The lowest BCUT2D eigenvalue weighted by molar-refractivity contribution is 1.40. The van der Waals surface area contributed by atoms with E-state index < -0.39 is 0 Å². The molecule has 2 aromatic rings. The largest absolute Gasteiger partial charge is 0.0912 e. The first-order valence-electron chi connectivity index (χ1n) is 5.50. The second kappa shape index (κ2) is 4.36. The van der Waals surface area contributed by atoms with E-state index in [4.69, 9.17) is 0 Å². The molecule has 0 fully saturated rings. The molecule has 0 aliphatic rings. The second-order valence-electron chi connectivity index (χ2n) is 4.31. The molecule has 0 unspecified atom stereocenters. The Labute approximate surface area is 96.9 Å². The van der Waals surface area contributed by atoms with E-state index in [0.29, 0.717) is 0 Å². The zero-order chi connectivity index (χ0) is 11.5. The maximum absolute atomic E-state index is 4.10. The van der Waals surface area contributed by atoms with Crippen LogP contribution in [0.15, 0.2) is 60.7 Å². The van der Waals surface area contributed by atoms with Gasteiger partial charge >= 0.3 is 0 Å². The normalized spacial score (nSPS) is 10.1. The van der Waals surface area contributed by atoms with Crippen molar-refractivity contribution >= 4 is 16.3 Å². The fourth-order valence-corrected chi connectivity index (χ4v) is 1.82. The van der Waals surface area contributed by atoms with Crippen LogP contribution in [-0.4, -0.2) is 0 Å². The molecular weight excluding hydrogens is 192 g/mol. The topological polar surface area (TPSA) is 0 Å². The van der Waals surface area contributed by atoms with Crippen molar-refractivity contribution in [2.75, 3.05) is 0 Å². The third kappa shape index (κ3) is 2.22. The zero-order valence-corrected chi connectivity index (χ0v) is 9.83. The summed E-state index contributed by atoms with van der Waals surface area (Å²) in [5.74, 6) is 0. The summed E-state index contributed by atoms with van der Waals surface area (Å²) in [7, 11) is 0. The van der Waals surface area contributed by atoms with Crippen molar-refractivity contribution in [3.63, 3.8) is 0 Å². The number of allylic oxidation sites excluding steroid dienone is 3. The SMILES string of the molecule is C=C(C=C(C)C)c1ccc2ccccc2c1. The lowest BCUT2D eigenvalue weighted by Crippen LogP contribution is -1.81. The molecule has 0 saturated heterocycles. The van der Waals surface area contributed by atoms with Gasteiger partial charge in [0.2, 0.25) is 0 Å². The van der Waals surface area contributed by atoms with E-state index in [2.05, 4.69) is 69.0 Å². The molecule has 2 rings (SSSR count). The Morgan fingerprint density at radius 1 is 1.00 bits per heavy atom. The molecule has 80 valence electrons. The summed E-state index contributed by atoms with van der Waals surface area (Å²) in [5, 5.41) is 2.54. The highest BCUT2D eigenvalue weighted by Crippen LogP contribution is 2.21. The predicted molar refractivity (Wildman–Crippen MR) is 72.4 cm³/mol. The zero-order valence-electron chi connectivity index (χ0n) is 9.83. The molecule has 0 radical (unpaired) electrons. The molecule has 0 aliphatic carbocycles. The van der Waals surface area contributed by atoms with Crippen molar-refractivity contribution < 1.29 is 0 Å². The van der Waals surface area contributed by atoms with Gasteiger partial charge in [-0.15, -0.1) is 0 Å². The molecule has 16 heavy (non-hydrogen) atoms. The Bertz CT molecular complexity index is 555. The monoisotopic (exact) mass is 208 g/mol. The maximum atomic E-state index is 4.10. The summed E-state index contributed by atoms with van der Waals surface area (Å²) in [6.45, 7) is 8.27. The van der Waals surface area contributed by atoms with Crippen LogP contribution in [0.1, 0.15) is 19.4 Å². The van der Waals surface area contributed by atoms with Crippen molar-refractivity contribution in [3.05, 3.63) is 66.3 Å². The molecule has 0 N–H and O–H groups in total. The van der Waals surface area contributed by atoms with Gasteiger partial charge in [-0.2, -0.15) is 0 Å². The summed E-state index contributed by atoms with van der Waals surface area (Å²) in [6, 6.07) is 14.9. The third-order valence-corrected chi connectivity index (χ3v) is 2.58. The molecule has 0 amide bonds. The molecule has 0 saturated carbocycles. The average molecular weight is 208 g/mol. The van der Waals surface area contributed by atoms with Crippen molar-refractivity contribution in [2.24, 2.45) is 0 Å². The van der Waals surface area contributed by atoms with E-state index in [1.807, 2.05) is 0 Å². The van der Waals surface area contributed by atoms with Crippen LogP contribution >= 0.6 is 0 Å². The highest BCUT2D eigenvalue weighted by Gasteiger charge is 1.98. The Morgan fingerprint density at radius 2 is 1.69 bits per heavy atom. The van der Waals surface area contributed by atoms with E-state index in [0.717, 1.165) is 5.57 Å². The lowest BCUT2D eigenvalue weighted by Gasteiger charge is -2.04. The lowest BCUT2D eigenvalue weighted by atomic mass is 10.0. The van der Waals surface area contributed by atoms with Gasteiger partial charge in [0, 0.05) is 0 Å². The quantitative estimate of drug-likeness (QED) is 0.621.